The zero-order valence-corrected chi connectivity index (χ0v) is 20.2. The number of fused-ring (bicyclic) bond motifs is 1. The molecule has 0 radical (unpaired) electrons. The predicted octanol–water partition coefficient (Wildman–Crippen LogP) is 5.80. The number of nitrogens with one attached hydrogen (secondary N) is 1. The van der Waals surface area contributed by atoms with Gasteiger partial charge in [0.25, 0.3) is 0 Å². The van der Waals surface area contributed by atoms with Crippen molar-refractivity contribution in [2.75, 3.05) is 0 Å². The molecule has 3 atom stereocenters. The van der Waals surface area contributed by atoms with E-state index >= 15 is 0 Å². The van der Waals surface area contributed by atoms with E-state index in [1.165, 1.54) is 12.8 Å². The average molecular weight is 480 g/mol. The minimum Gasteiger partial charge on any atom is -0.0149 e. The van der Waals surface area contributed by atoms with E-state index in [0.717, 1.165) is 38.8 Å². The average Bonchev–Trinajstić information content (AvgIpc) is 3.25. The van der Waals surface area contributed by atoms with Crippen LogP contribution in [-0.2, 0) is 21.6 Å². The van der Waals surface area contributed by atoms with Gasteiger partial charge in [0.1, 0.15) is 0 Å². The summed E-state index contributed by atoms with van der Waals surface area (Å²) in [5, 5.41) is 4.63. The molecular weight excluding hydrogens is 442 g/mol. The van der Waals surface area contributed by atoms with Crippen LogP contribution in [0.15, 0.2) is 98.1 Å². The van der Waals surface area contributed by atoms with Gasteiger partial charge in [0.15, 0.2) is 0 Å². The number of carbonyl (C=O) groups excluding carboxylic acids is 1. The molecule has 32 heavy (non-hydrogen) atoms. The minimum absolute atomic E-state index is 0. The summed E-state index contributed by atoms with van der Waals surface area (Å²) in [6.07, 6.45) is 12.5. The summed E-state index contributed by atoms with van der Waals surface area (Å²) in [5.74, 6) is 1.43. The van der Waals surface area contributed by atoms with Crippen LogP contribution in [0.5, 0.6) is 0 Å². The number of allylic oxidation sites excluding steroid dienone is 6. The fraction of sp³-hybridized carbons (Fsp3) is 0.250. The van der Waals surface area contributed by atoms with Crippen LogP contribution in [0.3, 0.4) is 0 Å². The molecule has 0 bridgehead atoms. The summed E-state index contributed by atoms with van der Waals surface area (Å²) in [4.78, 5) is 10.6. The molecule has 4 rings (SSSR count). The molecule has 1 saturated carbocycles. The summed E-state index contributed by atoms with van der Waals surface area (Å²) >= 11 is -2.10. The van der Waals surface area contributed by atoms with Crippen molar-refractivity contribution in [1.29, 1.82) is 0 Å². The van der Waals surface area contributed by atoms with Crippen molar-refractivity contribution in [3.63, 3.8) is 0 Å². The van der Waals surface area contributed by atoms with Crippen LogP contribution < -0.4 is 3.80 Å². The largest absolute Gasteiger partial charge is 0.0149 e. The molecule has 2 aliphatic rings. The van der Waals surface area contributed by atoms with Gasteiger partial charge in [-0.1, -0.05) is 73.8 Å². The number of amides is 1. The molecule has 2 aromatic rings. The maximum atomic E-state index is 10.6. The summed E-state index contributed by atoms with van der Waals surface area (Å²) in [5.41, 5.74) is 4.20. The van der Waals surface area contributed by atoms with Crippen molar-refractivity contribution in [2.24, 2.45) is 11.8 Å². The van der Waals surface area contributed by atoms with Gasteiger partial charge in [0.2, 0.25) is 0 Å². The van der Waals surface area contributed by atoms with Gasteiger partial charge in [0, 0.05) is 0 Å². The van der Waals surface area contributed by atoms with Gasteiger partial charge in [0.05, 0.1) is 0 Å². The van der Waals surface area contributed by atoms with Gasteiger partial charge in [-0.15, -0.1) is 0 Å². The van der Waals surface area contributed by atoms with Crippen LogP contribution in [-0.4, -0.2) is 17.4 Å². The molecule has 1 fully saturated rings. The molecule has 1 amide bonds. The first-order valence-electron chi connectivity index (χ1n) is 11.0. The summed E-state index contributed by atoms with van der Waals surface area (Å²) in [6, 6.07) is 20.3. The smallest absolute Gasteiger partial charge is 0.0149 e. The van der Waals surface area contributed by atoms with Crippen LogP contribution in [0, 0.1) is 11.8 Å². The van der Waals surface area contributed by atoms with Crippen LogP contribution >= 0.6 is 0 Å². The zero-order valence-electron chi connectivity index (χ0n) is 18.6. The number of benzene rings is 2. The summed E-state index contributed by atoms with van der Waals surface area (Å²) in [7, 11) is 0. The quantitative estimate of drug-likeness (QED) is 0.317. The monoisotopic (exact) mass is 479 g/mol. The molecule has 0 aromatic heterocycles. The van der Waals surface area contributed by atoms with E-state index in [4.69, 9.17) is 0 Å². The Morgan fingerprint density at radius 2 is 1.38 bits per heavy atom. The van der Waals surface area contributed by atoms with Crippen LogP contribution in [0.2, 0.25) is 14.7 Å². The molecule has 0 saturated heterocycles. The second kappa shape index (κ2) is 12.2. The maximum absolute atomic E-state index is 10.6. The first-order chi connectivity index (χ1) is 14.9. The Hall–Kier alpha value is -2.20. The van der Waals surface area contributed by atoms with Gasteiger partial charge in [-0.25, -0.2) is 0 Å². The Labute approximate surface area is 201 Å². The molecule has 4 heteroatoms. The molecule has 0 spiro atoms. The number of hydrogen-bond acceptors (Lipinski definition) is 1. The van der Waals surface area contributed by atoms with E-state index in [-0.39, 0.29) is 11.0 Å². The second-order valence-electron chi connectivity index (χ2n) is 8.87. The Morgan fingerprint density at radius 1 is 0.875 bits per heavy atom. The van der Waals surface area contributed by atoms with Crippen molar-refractivity contribution in [2.45, 2.75) is 27.5 Å². The molecule has 0 aliphatic heterocycles. The molecule has 2 aliphatic carbocycles. The van der Waals surface area contributed by atoms with Gasteiger partial charge in [-0.3, -0.25) is 0 Å². The van der Waals surface area contributed by atoms with Crippen molar-refractivity contribution in [3.05, 3.63) is 109 Å². The fourth-order valence-electron chi connectivity index (χ4n) is 4.68. The number of hydrogen-bond donors (Lipinski definition) is 1. The van der Waals surface area contributed by atoms with Gasteiger partial charge >= 0.3 is 95.5 Å². The molecular formula is C28H37NOSiTi. The third-order valence-corrected chi connectivity index (χ3v) is 11.8. The predicted molar refractivity (Wildman–Crippen MR) is 141 cm³/mol. The Bertz CT molecular complexity index is 916. The first-order valence-corrected chi connectivity index (χ1v) is 15.8. The molecule has 2 nitrogen and oxygen atoms in total. The van der Waals surface area contributed by atoms with Gasteiger partial charge in [-0.2, -0.15) is 0 Å². The molecule has 0 heterocycles. The van der Waals surface area contributed by atoms with Gasteiger partial charge < -0.3 is 0 Å². The van der Waals surface area contributed by atoms with Crippen molar-refractivity contribution in [3.8, 4) is 0 Å². The molecule has 2 aromatic carbocycles. The van der Waals surface area contributed by atoms with E-state index < -0.39 is 16.8 Å². The molecule has 3 unspecified atom stereocenters. The Balaban J connectivity index is 0.000000220. The van der Waals surface area contributed by atoms with E-state index in [1.807, 2.05) is 36.4 Å². The fourth-order valence-corrected chi connectivity index (χ4v) is 8.94. The zero-order chi connectivity index (χ0) is 22.3. The van der Waals surface area contributed by atoms with E-state index in [0.29, 0.717) is 5.92 Å². The summed E-state index contributed by atoms with van der Waals surface area (Å²) in [6.45, 7) is 8.20. The van der Waals surface area contributed by atoms with Crippen molar-refractivity contribution < 1.29 is 21.6 Å². The van der Waals surface area contributed by atoms with Gasteiger partial charge in [-0.05, 0) is 33.2 Å². The minimum atomic E-state index is -2.10. The van der Waals surface area contributed by atoms with Crippen LogP contribution in [0.4, 0.5) is 0 Å². The Kier molecular flexibility index (Phi) is 9.89. The topological polar surface area (TPSA) is 29.1 Å². The van der Waals surface area contributed by atoms with Crippen molar-refractivity contribution >= 4 is 28.5 Å². The summed E-state index contributed by atoms with van der Waals surface area (Å²) < 4.78 is 3.90. The second-order valence-corrected chi connectivity index (χ2v) is 15.9. The van der Waals surface area contributed by atoms with E-state index in [9.17, 15) is 4.79 Å². The maximum Gasteiger partial charge on any atom is -0.0149 e. The third kappa shape index (κ3) is 6.41. The van der Waals surface area contributed by atoms with E-state index in [1.54, 1.807) is 0 Å². The standard InChI is InChI=1S/C16H14.C9H11.CH3NO.2CH3.H4Si.Ti/c1-13(15-9-5-3-6-10-15)14(2)16-11-7-4-8-12-16;1-2-5-9-7-3-6-8(9)4-1;2-1-3;;;;/h3-12H,1-2H2;1-2,4-6,8-9H,3,7H2;1H,(H2,2,3);2*1H3;1H4;/q;;;;;;+1/p-1. The van der Waals surface area contributed by atoms with Crippen molar-refractivity contribution in [1.82, 2.24) is 3.80 Å². The first kappa shape index (κ1) is 26.1. The SMILES string of the molecule is C=C(C(=C)c1ccccc1)c1ccccc1.[CH3][Ti]([CH3])([NH]C=O)[CH]1CCC2C=CC=CC21.[SiH4]. The normalized spacial score (nSPS) is 20.8. The third-order valence-electron chi connectivity index (χ3n) is 6.54. The Morgan fingerprint density at radius 3 is 1.88 bits per heavy atom. The van der Waals surface area contributed by atoms with Crippen LogP contribution in [0.1, 0.15) is 24.0 Å². The molecule has 1 N–H and O–H groups in total. The van der Waals surface area contributed by atoms with E-state index in [2.05, 4.69) is 76.0 Å². The van der Waals surface area contributed by atoms with Crippen LogP contribution in [0.25, 0.3) is 11.1 Å². The number of rotatable bonds is 6. The number of carbonyl (C=O) groups is 1. The molecule has 168 valence electrons.